The Balaban J connectivity index is 3.27. The highest BCUT2D eigenvalue weighted by Gasteiger charge is 2.27. The Kier molecular flexibility index (Phi) is 4.28. The molecule has 5 nitrogen and oxygen atoms in total. The lowest BCUT2D eigenvalue weighted by atomic mass is 9.93. The molecule has 4 N–H and O–H groups in total. The molecular weight excluding hydrogens is 218 g/mol. The van der Waals surface area contributed by atoms with Crippen LogP contribution in [0, 0.1) is 0 Å². The summed E-state index contributed by atoms with van der Waals surface area (Å²) >= 11 is 0. The first kappa shape index (κ1) is 13.7. The lowest BCUT2D eigenvalue weighted by Gasteiger charge is -2.25. The largest absolute Gasteiger partial charge is 0.493 e. The molecule has 0 amide bonds. The molecule has 0 saturated carbocycles. The third-order valence-electron chi connectivity index (χ3n) is 3.23. The van der Waals surface area contributed by atoms with E-state index in [2.05, 4.69) is 9.97 Å². The summed E-state index contributed by atoms with van der Waals surface area (Å²) < 4.78 is 0. The van der Waals surface area contributed by atoms with Crippen molar-refractivity contribution in [2.45, 2.75) is 52.0 Å². The summed E-state index contributed by atoms with van der Waals surface area (Å²) in [6.45, 7) is 5.80. The van der Waals surface area contributed by atoms with Gasteiger partial charge in [0.2, 0.25) is 5.88 Å². The summed E-state index contributed by atoms with van der Waals surface area (Å²) in [4.78, 5) is 18.6. The first-order valence-electron chi connectivity index (χ1n) is 6.10. The molecule has 17 heavy (non-hydrogen) atoms. The van der Waals surface area contributed by atoms with Crippen LogP contribution in [0.5, 0.6) is 5.88 Å². The fraction of sp³-hybridized carbons (Fsp3) is 0.667. The first-order valence-corrected chi connectivity index (χ1v) is 6.10. The average Bonchev–Trinajstić information content (AvgIpc) is 2.32. The van der Waals surface area contributed by atoms with Crippen LogP contribution in [0.2, 0.25) is 0 Å². The Bertz CT molecular complexity index is 436. The lowest BCUT2D eigenvalue weighted by Crippen LogP contribution is -2.39. The first-order chi connectivity index (χ1) is 7.98. The van der Waals surface area contributed by atoms with Gasteiger partial charge in [-0.05, 0) is 19.3 Å². The fourth-order valence-corrected chi connectivity index (χ4v) is 1.78. The van der Waals surface area contributed by atoms with Gasteiger partial charge in [0.1, 0.15) is 5.82 Å². The maximum absolute atomic E-state index is 11.8. The second kappa shape index (κ2) is 5.31. The topological polar surface area (TPSA) is 92.0 Å². The monoisotopic (exact) mass is 239 g/mol. The van der Waals surface area contributed by atoms with Crippen LogP contribution in [0.4, 0.5) is 0 Å². The van der Waals surface area contributed by atoms with E-state index in [0.29, 0.717) is 30.7 Å². The van der Waals surface area contributed by atoms with Crippen LogP contribution in [0.15, 0.2) is 4.79 Å². The minimum atomic E-state index is -0.679. The number of aromatic amines is 1. The van der Waals surface area contributed by atoms with Crippen molar-refractivity contribution in [3.63, 3.8) is 0 Å². The highest BCUT2D eigenvalue weighted by Crippen LogP contribution is 2.23. The molecule has 1 heterocycles. The predicted molar refractivity (Wildman–Crippen MR) is 67.0 cm³/mol. The second-order valence-electron chi connectivity index (χ2n) is 4.33. The Morgan fingerprint density at radius 2 is 1.94 bits per heavy atom. The number of aromatic nitrogens is 2. The summed E-state index contributed by atoms with van der Waals surface area (Å²) in [5, 5.41) is 9.77. The maximum Gasteiger partial charge on any atom is 0.257 e. The second-order valence-corrected chi connectivity index (χ2v) is 4.33. The van der Waals surface area contributed by atoms with Gasteiger partial charge in [0.15, 0.2) is 0 Å². The van der Waals surface area contributed by atoms with Gasteiger partial charge in [-0.25, -0.2) is 0 Å². The molecule has 0 aromatic carbocycles. The molecule has 0 aliphatic heterocycles. The van der Waals surface area contributed by atoms with Gasteiger partial charge in [-0.15, -0.1) is 0 Å². The Morgan fingerprint density at radius 3 is 2.35 bits per heavy atom. The van der Waals surface area contributed by atoms with Crippen LogP contribution in [0.1, 0.15) is 51.4 Å². The molecule has 0 atom stereocenters. The van der Waals surface area contributed by atoms with Gasteiger partial charge in [0.25, 0.3) is 5.56 Å². The predicted octanol–water partition coefficient (Wildman–Crippen LogP) is 1.40. The normalized spacial score (nSPS) is 11.8. The van der Waals surface area contributed by atoms with E-state index in [-0.39, 0.29) is 11.4 Å². The summed E-state index contributed by atoms with van der Waals surface area (Å²) in [5.41, 5.74) is 5.51. The summed E-state index contributed by atoms with van der Waals surface area (Å²) in [5.74, 6) is 0.173. The Morgan fingerprint density at radius 1 is 1.35 bits per heavy atom. The minimum Gasteiger partial charge on any atom is -0.493 e. The fourth-order valence-electron chi connectivity index (χ4n) is 1.78. The smallest absolute Gasteiger partial charge is 0.257 e. The molecule has 0 aliphatic rings. The summed E-state index contributed by atoms with van der Waals surface area (Å²) in [6.07, 6.45) is 2.61. The number of nitrogens with two attached hydrogens (primary N) is 1. The number of hydrogen-bond acceptors (Lipinski definition) is 4. The third-order valence-corrected chi connectivity index (χ3v) is 3.23. The molecule has 1 aromatic rings. The zero-order valence-corrected chi connectivity index (χ0v) is 10.7. The highest BCUT2D eigenvalue weighted by atomic mass is 16.3. The molecule has 0 radical (unpaired) electrons. The van der Waals surface area contributed by atoms with Crippen LogP contribution < -0.4 is 11.3 Å². The van der Waals surface area contributed by atoms with E-state index in [4.69, 9.17) is 5.73 Å². The van der Waals surface area contributed by atoms with Crippen LogP contribution >= 0.6 is 0 Å². The number of hydrogen-bond donors (Lipinski definition) is 3. The van der Waals surface area contributed by atoms with Gasteiger partial charge in [0.05, 0.1) is 11.1 Å². The highest BCUT2D eigenvalue weighted by molar-refractivity contribution is 5.24. The number of nitrogens with zero attached hydrogens (tertiary/aromatic N) is 1. The molecule has 0 fully saturated rings. The molecular formula is C12H21N3O2. The molecule has 0 aliphatic carbocycles. The number of aromatic hydroxyl groups is 1. The minimum absolute atomic E-state index is 0.192. The van der Waals surface area contributed by atoms with Crippen molar-refractivity contribution >= 4 is 0 Å². The maximum atomic E-state index is 11.8. The molecule has 0 spiro atoms. The van der Waals surface area contributed by atoms with Crippen LogP contribution in [0.3, 0.4) is 0 Å². The molecule has 0 saturated heterocycles. The van der Waals surface area contributed by atoms with Crippen molar-refractivity contribution < 1.29 is 5.11 Å². The molecule has 96 valence electrons. The van der Waals surface area contributed by atoms with Gasteiger partial charge in [-0.1, -0.05) is 27.2 Å². The van der Waals surface area contributed by atoms with E-state index in [9.17, 15) is 9.90 Å². The van der Waals surface area contributed by atoms with Crippen LogP contribution in [-0.4, -0.2) is 15.1 Å². The van der Waals surface area contributed by atoms with E-state index in [0.717, 1.165) is 6.42 Å². The lowest BCUT2D eigenvalue weighted by molar-refractivity contribution is 0.368. The van der Waals surface area contributed by atoms with Gasteiger partial charge in [-0.3, -0.25) is 4.79 Å². The van der Waals surface area contributed by atoms with Crippen molar-refractivity contribution in [1.82, 2.24) is 9.97 Å². The third kappa shape index (κ3) is 2.66. The average molecular weight is 239 g/mol. The molecule has 0 unspecified atom stereocenters. The number of rotatable bonds is 5. The van der Waals surface area contributed by atoms with Gasteiger partial charge in [-0.2, -0.15) is 4.98 Å². The SMILES string of the molecule is CCCc1c(O)nc(C(N)(CC)CC)[nH]c1=O. The quantitative estimate of drug-likeness (QED) is 0.724. The van der Waals surface area contributed by atoms with E-state index < -0.39 is 5.54 Å². The van der Waals surface area contributed by atoms with Gasteiger partial charge >= 0.3 is 0 Å². The Labute approximate surface area is 101 Å². The van der Waals surface area contributed by atoms with Crippen molar-refractivity contribution in [2.75, 3.05) is 0 Å². The number of nitrogens with one attached hydrogen (secondary N) is 1. The van der Waals surface area contributed by atoms with Gasteiger partial charge in [0, 0.05) is 0 Å². The van der Waals surface area contributed by atoms with Crippen LogP contribution in [-0.2, 0) is 12.0 Å². The zero-order valence-electron chi connectivity index (χ0n) is 10.7. The molecule has 5 heteroatoms. The van der Waals surface area contributed by atoms with Crippen LogP contribution in [0.25, 0.3) is 0 Å². The summed E-state index contributed by atoms with van der Waals surface area (Å²) in [6, 6.07) is 0. The van der Waals surface area contributed by atoms with E-state index >= 15 is 0 Å². The van der Waals surface area contributed by atoms with Crippen molar-refractivity contribution in [2.24, 2.45) is 5.73 Å². The number of H-pyrrole nitrogens is 1. The standard InChI is InChI=1S/C12H21N3O2/c1-4-7-8-9(16)14-11(15-10(8)17)12(13,5-2)6-3/h4-7,13H2,1-3H3,(H2,14,15,16,17). The van der Waals surface area contributed by atoms with Crippen molar-refractivity contribution in [3.8, 4) is 5.88 Å². The molecule has 1 rings (SSSR count). The summed E-state index contributed by atoms with van der Waals surface area (Å²) in [7, 11) is 0. The van der Waals surface area contributed by atoms with Crippen molar-refractivity contribution in [1.29, 1.82) is 0 Å². The van der Waals surface area contributed by atoms with E-state index in [1.54, 1.807) is 0 Å². The molecule has 0 bridgehead atoms. The van der Waals surface area contributed by atoms with E-state index in [1.807, 2.05) is 20.8 Å². The zero-order chi connectivity index (χ0) is 13.1. The van der Waals surface area contributed by atoms with Crippen molar-refractivity contribution in [3.05, 3.63) is 21.7 Å². The Hall–Kier alpha value is -1.36. The molecule has 1 aromatic heterocycles. The van der Waals surface area contributed by atoms with Gasteiger partial charge < -0.3 is 15.8 Å². The van der Waals surface area contributed by atoms with E-state index in [1.165, 1.54) is 0 Å².